The lowest BCUT2D eigenvalue weighted by molar-refractivity contribution is -0.122. The van der Waals surface area contributed by atoms with Crippen LogP contribution in [0.25, 0.3) is 0 Å². The predicted octanol–water partition coefficient (Wildman–Crippen LogP) is 0.197. The Morgan fingerprint density at radius 1 is 1.56 bits per heavy atom. The third-order valence-electron chi connectivity index (χ3n) is 3.38. The van der Waals surface area contributed by atoms with Gasteiger partial charge in [0.05, 0.1) is 6.61 Å². The first-order valence-electron chi connectivity index (χ1n) is 6.79. The van der Waals surface area contributed by atoms with Crippen LogP contribution in [0, 0.1) is 5.92 Å². The molecule has 5 heteroatoms. The first-order valence-corrected chi connectivity index (χ1v) is 6.79. The molecule has 0 spiro atoms. The summed E-state index contributed by atoms with van der Waals surface area (Å²) >= 11 is 0. The van der Waals surface area contributed by atoms with Crippen LogP contribution in [0.3, 0.4) is 0 Å². The largest absolute Gasteiger partial charge is 0.384 e. The van der Waals surface area contributed by atoms with Crippen molar-refractivity contribution in [1.82, 2.24) is 10.2 Å². The summed E-state index contributed by atoms with van der Waals surface area (Å²) < 4.78 is 5.18. The van der Waals surface area contributed by atoms with Crippen LogP contribution in [0.1, 0.15) is 26.7 Å². The fraction of sp³-hybridized carbons (Fsp3) is 0.923. The average Bonchev–Trinajstić information content (AvgIpc) is 2.74. The molecule has 2 unspecified atom stereocenters. The number of amides is 1. The summed E-state index contributed by atoms with van der Waals surface area (Å²) in [6.07, 6.45) is 1.63. The number of carbonyl (C=O) groups excluding carboxylic acids is 1. The van der Waals surface area contributed by atoms with Crippen molar-refractivity contribution in [2.24, 2.45) is 11.7 Å². The maximum absolute atomic E-state index is 11.8. The first-order chi connectivity index (χ1) is 8.56. The Morgan fingerprint density at radius 3 is 2.83 bits per heavy atom. The molecule has 0 bridgehead atoms. The zero-order valence-electron chi connectivity index (χ0n) is 11.8. The van der Waals surface area contributed by atoms with Crippen molar-refractivity contribution in [3.63, 3.8) is 0 Å². The normalized spacial score (nSPS) is 22.4. The quantitative estimate of drug-likeness (QED) is 0.683. The Morgan fingerprint density at radius 2 is 2.28 bits per heavy atom. The highest BCUT2D eigenvalue weighted by Crippen LogP contribution is 2.19. The van der Waals surface area contributed by atoms with Gasteiger partial charge in [-0.3, -0.25) is 9.69 Å². The molecule has 5 nitrogen and oxygen atoms in total. The number of nitrogens with two attached hydrogens (primary N) is 1. The Kier molecular flexibility index (Phi) is 6.60. The zero-order valence-corrected chi connectivity index (χ0v) is 11.8. The maximum atomic E-state index is 11.8. The Bertz CT molecular complexity index is 259. The maximum Gasteiger partial charge on any atom is 0.221 e. The lowest BCUT2D eigenvalue weighted by Crippen LogP contribution is -2.44. The molecule has 0 radical (unpaired) electrons. The Balaban J connectivity index is 2.39. The molecule has 1 heterocycles. The molecule has 1 saturated heterocycles. The van der Waals surface area contributed by atoms with Gasteiger partial charge in [0.25, 0.3) is 0 Å². The van der Waals surface area contributed by atoms with Gasteiger partial charge in [-0.25, -0.2) is 0 Å². The van der Waals surface area contributed by atoms with Gasteiger partial charge in [-0.1, -0.05) is 0 Å². The topological polar surface area (TPSA) is 67.6 Å². The van der Waals surface area contributed by atoms with E-state index in [1.807, 2.05) is 13.8 Å². The molecule has 0 saturated carbocycles. The fourth-order valence-corrected chi connectivity index (χ4v) is 2.52. The standard InChI is InChI=1S/C13H27N3O2/c1-10(2)15-13(17)6-12(7-14)16-5-4-11(8-16)9-18-3/h10-12H,4-9,14H2,1-3H3,(H,15,17). The van der Waals surface area contributed by atoms with E-state index in [1.165, 1.54) is 0 Å². The minimum absolute atomic E-state index is 0.0932. The minimum atomic E-state index is 0.0932. The van der Waals surface area contributed by atoms with Crippen LogP contribution < -0.4 is 11.1 Å². The number of nitrogens with zero attached hydrogens (tertiary/aromatic N) is 1. The van der Waals surface area contributed by atoms with E-state index in [-0.39, 0.29) is 18.0 Å². The second-order valence-corrected chi connectivity index (χ2v) is 5.42. The number of hydrogen-bond acceptors (Lipinski definition) is 4. The molecule has 1 aliphatic heterocycles. The summed E-state index contributed by atoms with van der Waals surface area (Å²) in [6, 6.07) is 0.348. The van der Waals surface area contributed by atoms with Crippen molar-refractivity contribution in [2.75, 3.05) is 33.4 Å². The van der Waals surface area contributed by atoms with E-state index in [2.05, 4.69) is 10.2 Å². The van der Waals surface area contributed by atoms with Crippen molar-refractivity contribution in [1.29, 1.82) is 0 Å². The van der Waals surface area contributed by atoms with Crippen molar-refractivity contribution in [2.45, 2.75) is 38.8 Å². The third-order valence-corrected chi connectivity index (χ3v) is 3.38. The highest BCUT2D eigenvalue weighted by Gasteiger charge is 2.28. The number of hydrogen-bond donors (Lipinski definition) is 2. The van der Waals surface area contributed by atoms with Crippen molar-refractivity contribution < 1.29 is 9.53 Å². The second-order valence-electron chi connectivity index (χ2n) is 5.42. The first kappa shape index (κ1) is 15.4. The summed E-state index contributed by atoms with van der Waals surface area (Å²) in [4.78, 5) is 14.1. The van der Waals surface area contributed by atoms with Gasteiger partial charge in [-0.2, -0.15) is 0 Å². The highest BCUT2D eigenvalue weighted by molar-refractivity contribution is 5.76. The zero-order chi connectivity index (χ0) is 13.5. The number of nitrogens with one attached hydrogen (secondary N) is 1. The summed E-state index contributed by atoms with van der Waals surface area (Å²) in [5.41, 5.74) is 5.80. The molecule has 1 rings (SSSR count). The number of rotatable bonds is 7. The molecule has 0 aromatic heterocycles. The van der Waals surface area contributed by atoms with Crippen LogP contribution >= 0.6 is 0 Å². The molecule has 2 atom stereocenters. The average molecular weight is 257 g/mol. The molecule has 1 fully saturated rings. The fourth-order valence-electron chi connectivity index (χ4n) is 2.52. The monoisotopic (exact) mass is 257 g/mol. The van der Waals surface area contributed by atoms with Crippen LogP contribution in [0.15, 0.2) is 0 Å². The molecule has 0 aromatic rings. The predicted molar refractivity (Wildman–Crippen MR) is 72.3 cm³/mol. The number of ether oxygens (including phenoxy) is 1. The lowest BCUT2D eigenvalue weighted by atomic mass is 10.1. The van der Waals surface area contributed by atoms with Crippen LogP contribution in [0.5, 0.6) is 0 Å². The van der Waals surface area contributed by atoms with E-state index in [4.69, 9.17) is 10.5 Å². The summed E-state index contributed by atoms with van der Waals surface area (Å²) in [5, 5.41) is 2.92. The Labute approximate surface area is 110 Å². The van der Waals surface area contributed by atoms with Gasteiger partial charge in [0.15, 0.2) is 0 Å². The second kappa shape index (κ2) is 7.71. The van der Waals surface area contributed by atoms with E-state index in [1.54, 1.807) is 7.11 Å². The Hall–Kier alpha value is -0.650. The molecular weight excluding hydrogens is 230 g/mol. The molecule has 1 aliphatic rings. The lowest BCUT2D eigenvalue weighted by Gasteiger charge is -2.26. The summed E-state index contributed by atoms with van der Waals surface area (Å²) in [7, 11) is 1.74. The van der Waals surface area contributed by atoms with Crippen molar-refractivity contribution in [3.05, 3.63) is 0 Å². The van der Waals surface area contributed by atoms with Gasteiger partial charge < -0.3 is 15.8 Å². The SMILES string of the molecule is COCC1CCN(C(CN)CC(=O)NC(C)C)C1. The van der Waals surface area contributed by atoms with Crippen LogP contribution in [-0.2, 0) is 9.53 Å². The summed E-state index contributed by atoms with van der Waals surface area (Å²) in [6.45, 7) is 7.28. The molecule has 3 N–H and O–H groups in total. The number of likely N-dealkylation sites (tertiary alicyclic amines) is 1. The number of carbonyl (C=O) groups is 1. The van der Waals surface area contributed by atoms with Gasteiger partial charge in [0.2, 0.25) is 5.91 Å². The van der Waals surface area contributed by atoms with Crippen LogP contribution in [0.2, 0.25) is 0 Å². The van der Waals surface area contributed by atoms with E-state index in [0.29, 0.717) is 18.9 Å². The van der Waals surface area contributed by atoms with Gasteiger partial charge in [0.1, 0.15) is 0 Å². The molecule has 0 aliphatic carbocycles. The van der Waals surface area contributed by atoms with Gasteiger partial charge in [-0.15, -0.1) is 0 Å². The molecule has 0 aromatic carbocycles. The van der Waals surface area contributed by atoms with E-state index < -0.39 is 0 Å². The minimum Gasteiger partial charge on any atom is -0.384 e. The van der Waals surface area contributed by atoms with Crippen LogP contribution in [0.4, 0.5) is 0 Å². The van der Waals surface area contributed by atoms with Gasteiger partial charge in [0, 0.05) is 38.7 Å². The third kappa shape index (κ3) is 4.92. The van der Waals surface area contributed by atoms with Gasteiger partial charge in [-0.05, 0) is 32.7 Å². The van der Waals surface area contributed by atoms with Crippen molar-refractivity contribution >= 4 is 5.91 Å². The smallest absolute Gasteiger partial charge is 0.221 e. The van der Waals surface area contributed by atoms with E-state index in [0.717, 1.165) is 26.1 Å². The molecule has 18 heavy (non-hydrogen) atoms. The van der Waals surface area contributed by atoms with Crippen molar-refractivity contribution in [3.8, 4) is 0 Å². The van der Waals surface area contributed by atoms with E-state index in [9.17, 15) is 4.79 Å². The molecular formula is C13H27N3O2. The molecule has 1 amide bonds. The van der Waals surface area contributed by atoms with Crippen LogP contribution in [-0.4, -0.2) is 56.2 Å². The van der Waals surface area contributed by atoms with Gasteiger partial charge >= 0.3 is 0 Å². The van der Waals surface area contributed by atoms with E-state index >= 15 is 0 Å². The molecule has 106 valence electrons. The number of methoxy groups -OCH3 is 1. The summed E-state index contributed by atoms with van der Waals surface area (Å²) in [5.74, 6) is 0.674. The highest BCUT2D eigenvalue weighted by atomic mass is 16.5.